The standard InChI is InChI=1S/C15H21N3O/c1-2-18-9-12(7-16-18)8-17-10-13-5-3-4-6-15(19)14(13)11-17/h7,9-11,15,19H,2-6,8H2,1H3. The molecule has 1 unspecified atom stereocenters. The number of rotatable bonds is 3. The Morgan fingerprint density at radius 3 is 3.00 bits per heavy atom. The fraction of sp³-hybridized carbons (Fsp3) is 0.533. The van der Waals surface area contributed by atoms with Crippen molar-refractivity contribution in [1.29, 1.82) is 0 Å². The highest BCUT2D eigenvalue weighted by Crippen LogP contribution is 2.29. The molecule has 3 rings (SSSR count). The van der Waals surface area contributed by atoms with Crippen LogP contribution in [-0.2, 0) is 19.5 Å². The molecule has 0 aromatic carbocycles. The SMILES string of the molecule is CCn1cc(Cn2cc3c(c2)C(O)CCCC3)cn1. The van der Waals surface area contributed by atoms with E-state index in [9.17, 15) is 5.11 Å². The summed E-state index contributed by atoms with van der Waals surface area (Å²) >= 11 is 0. The minimum absolute atomic E-state index is 0.280. The van der Waals surface area contributed by atoms with Gasteiger partial charge in [-0.1, -0.05) is 6.42 Å². The quantitative estimate of drug-likeness (QED) is 0.861. The van der Waals surface area contributed by atoms with Crippen LogP contribution in [0, 0.1) is 0 Å². The van der Waals surface area contributed by atoms with Gasteiger partial charge in [0.25, 0.3) is 0 Å². The van der Waals surface area contributed by atoms with Crippen molar-refractivity contribution in [2.45, 2.75) is 51.8 Å². The second kappa shape index (κ2) is 5.21. The molecule has 0 fully saturated rings. The Balaban J connectivity index is 1.80. The summed E-state index contributed by atoms with van der Waals surface area (Å²) in [5.74, 6) is 0. The van der Waals surface area contributed by atoms with E-state index in [2.05, 4.69) is 35.2 Å². The lowest BCUT2D eigenvalue weighted by Gasteiger charge is -2.06. The molecule has 1 N–H and O–H groups in total. The molecule has 2 aromatic heterocycles. The van der Waals surface area contributed by atoms with Crippen molar-refractivity contribution in [2.75, 3.05) is 0 Å². The summed E-state index contributed by atoms with van der Waals surface area (Å²) in [6.45, 7) is 3.83. The summed E-state index contributed by atoms with van der Waals surface area (Å²) < 4.78 is 4.12. The van der Waals surface area contributed by atoms with E-state index in [4.69, 9.17) is 0 Å². The maximum absolute atomic E-state index is 10.1. The van der Waals surface area contributed by atoms with Gasteiger partial charge in [-0.3, -0.25) is 4.68 Å². The molecule has 2 aromatic rings. The predicted octanol–water partition coefficient (Wildman–Crippen LogP) is 2.51. The highest BCUT2D eigenvalue weighted by atomic mass is 16.3. The Bertz CT molecular complexity index is 555. The first-order chi connectivity index (χ1) is 9.26. The first-order valence-electron chi connectivity index (χ1n) is 7.14. The average Bonchev–Trinajstić information content (AvgIpc) is 2.98. The van der Waals surface area contributed by atoms with Crippen LogP contribution in [0.3, 0.4) is 0 Å². The van der Waals surface area contributed by atoms with Gasteiger partial charge in [-0.05, 0) is 31.7 Å². The van der Waals surface area contributed by atoms with Crippen molar-refractivity contribution in [3.05, 3.63) is 41.5 Å². The fourth-order valence-corrected chi connectivity index (χ4v) is 2.85. The number of hydrogen-bond donors (Lipinski definition) is 1. The molecule has 0 aliphatic heterocycles. The van der Waals surface area contributed by atoms with E-state index in [0.29, 0.717) is 0 Å². The van der Waals surface area contributed by atoms with Crippen molar-refractivity contribution >= 4 is 0 Å². The molecule has 19 heavy (non-hydrogen) atoms. The first-order valence-corrected chi connectivity index (χ1v) is 7.14. The molecule has 0 bridgehead atoms. The molecule has 1 aliphatic rings. The van der Waals surface area contributed by atoms with Crippen molar-refractivity contribution < 1.29 is 5.11 Å². The van der Waals surface area contributed by atoms with Gasteiger partial charge in [0.05, 0.1) is 18.8 Å². The zero-order chi connectivity index (χ0) is 13.2. The van der Waals surface area contributed by atoms with E-state index in [-0.39, 0.29) is 6.10 Å². The van der Waals surface area contributed by atoms with E-state index < -0.39 is 0 Å². The highest BCUT2D eigenvalue weighted by molar-refractivity contribution is 5.28. The summed E-state index contributed by atoms with van der Waals surface area (Å²) in [6.07, 6.45) is 12.3. The Hall–Kier alpha value is -1.55. The zero-order valence-electron chi connectivity index (χ0n) is 11.4. The van der Waals surface area contributed by atoms with Crippen LogP contribution in [0.1, 0.15) is 49.0 Å². The molecule has 0 saturated heterocycles. The topological polar surface area (TPSA) is 43.0 Å². The summed E-state index contributed by atoms with van der Waals surface area (Å²) in [4.78, 5) is 0. The van der Waals surface area contributed by atoms with Crippen molar-refractivity contribution in [1.82, 2.24) is 14.3 Å². The van der Waals surface area contributed by atoms with Gasteiger partial charge in [0.15, 0.2) is 0 Å². The number of aliphatic hydroxyl groups excluding tert-OH is 1. The normalized spacial score (nSPS) is 19.2. The lowest BCUT2D eigenvalue weighted by molar-refractivity contribution is 0.166. The third kappa shape index (κ3) is 2.59. The second-order valence-corrected chi connectivity index (χ2v) is 5.38. The Labute approximate surface area is 113 Å². The highest BCUT2D eigenvalue weighted by Gasteiger charge is 2.18. The van der Waals surface area contributed by atoms with Crippen molar-refractivity contribution in [3.8, 4) is 0 Å². The number of hydrogen-bond acceptors (Lipinski definition) is 2. The van der Waals surface area contributed by atoms with E-state index in [1.165, 1.54) is 17.5 Å². The minimum Gasteiger partial charge on any atom is -0.388 e. The summed E-state index contributed by atoms with van der Waals surface area (Å²) in [5.41, 5.74) is 3.65. The monoisotopic (exact) mass is 259 g/mol. The number of aliphatic hydroxyl groups is 1. The fourth-order valence-electron chi connectivity index (χ4n) is 2.85. The molecule has 0 amide bonds. The largest absolute Gasteiger partial charge is 0.388 e. The van der Waals surface area contributed by atoms with Crippen LogP contribution in [-0.4, -0.2) is 19.5 Å². The molecule has 0 radical (unpaired) electrons. The average molecular weight is 259 g/mol. The number of nitrogens with zero attached hydrogens (tertiary/aromatic N) is 3. The van der Waals surface area contributed by atoms with Gasteiger partial charge in [0, 0.05) is 36.3 Å². The summed E-state index contributed by atoms with van der Waals surface area (Å²) in [6, 6.07) is 0. The molecule has 0 saturated carbocycles. The molecule has 1 aliphatic carbocycles. The predicted molar refractivity (Wildman–Crippen MR) is 73.9 cm³/mol. The number of aromatic nitrogens is 3. The van der Waals surface area contributed by atoms with E-state index in [1.807, 2.05) is 10.9 Å². The Kier molecular flexibility index (Phi) is 3.42. The van der Waals surface area contributed by atoms with Crippen molar-refractivity contribution in [3.63, 3.8) is 0 Å². The second-order valence-electron chi connectivity index (χ2n) is 5.38. The van der Waals surface area contributed by atoms with Gasteiger partial charge >= 0.3 is 0 Å². The summed E-state index contributed by atoms with van der Waals surface area (Å²) in [5, 5.41) is 14.4. The number of aryl methyl sites for hydroxylation is 2. The smallest absolute Gasteiger partial charge is 0.0807 e. The number of fused-ring (bicyclic) bond motifs is 1. The van der Waals surface area contributed by atoms with E-state index in [1.54, 1.807) is 0 Å². The van der Waals surface area contributed by atoms with Gasteiger partial charge in [-0.15, -0.1) is 0 Å². The maximum Gasteiger partial charge on any atom is 0.0807 e. The lowest BCUT2D eigenvalue weighted by atomic mass is 10.1. The molecule has 1 atom stereocenters. The maximum atomic E-state index is 10.1. The molecule has 2 heterocycles. The molecule has 4 heteroatoms. The molecule has 4 nitrogen and oxygen atoms in total. The zero-order valence-corrected chi connectivity index (χ0v) is 11.4. The van der Waals surface area contributed by atoms with Crippen molar-refractivity contribution in [2.24, 2.45) is 0 Å². The van der Waals surface area contributed by atoms with Crippen LogP contribution >= 0.6 is 0 Å². The lowest BCUT2D eigenvalue weighted by Crippen LogP contribution is -1.98. The van der Waals surface area contributed by atoms with Gasteiger partial charge in [-0.25, -0.2) is 0 Å². The van der Waals surface area contributed by atoms with Crippen LogP contribution in [0.25, 0.3) is 0 Å². The molecule has 102 valence electrons. The van der Waals surface area contributed by atoms with Crippen LogP contribution < -0.4 is 0 Å². The van der Waals surface area contributed by atoms with Gasteiger partial charge < -0.3 is 9.67 Å². The Morgan fingerprint density at radius 2 is 2.21 bits per heavy atom. The molecule has 0 spiro atoms. The Morgan fingerprint density at radius 1 is 1.32 bits per heavy atom. The molecular formula is C15H21N3O. The van der Waals surface area contributed by atoms with E-state index >= 15 is 0 Å². The van der Waals surface area contributed by atoms with Gasteiger partial charge in [-0.2, -0.15) is 5.10 Å². The van der Waals surface area contributed by atoms with Crippen LogP contribution in [0.15, 0.2) is 24.8 Å². The third-order valence-electron chi connectivity index (χ3n) is 3.91. The van der Waals surface area contributed by atoms with E-state index in [0.717, 1.165) is 37.9 Å². The third-order valence-corrected chi connectivity index (χ3v) is 3.91. The minimum atomic E-state index is -0.280. The molecular weight excluding hydrogens is 238 g/mol. The summed E-state index contributed by atoms with van der Waals surface area (Å²) in [7, 11) is 0. The van der Waals surface area contributed by atoms with Gasteiger partial charge in [0.1, 0.15) is 0 Å². The van der Waals surface area contributed by atoms with Crippen LogP contribution in [0.5, 0.6) is 0 Å². The first kappa shape index (κ1) is 12.5. The van der Waals surface area contributed by atoms with Crippen LogP contribution in [0.4, 0.5) is 0 Å². The van der Waals surface area contributed by atoms with Crippen LogP contribution in [0.2, 0.25) is 0 Å². The van der Waals surface area contributed by atoms with Gasteiger partial charge in [0.2, 0.25) is 0 Å².